The van der Waals surface area contributed by atoms with Crippen LogP contribution in [0.3, 0.4) is 0 Å². The highest BCUT2D eigenvalue weighted by molar-refractivity contribution is 5.18. The highest BCUT2D eigenvalue weighted by Gasteiger charge is 2.37. The highest BCUT2D eigenvalue weighted by Crippen LogP contribution is 2.31. The van der Waals surface area contributed by atoms with E-state index in [1.54, 1.807) is 6.07 Å². The molecule has 14 heavy (non-hydrogen) atoms. The van der Waals surface area contributed by atoms with Crippen molar-refractivity contribution in [1.82, 2.24) is 0 Å². The van der Waals surface area contributed by atoms with Crippen LogP contribution in [-0.2, 0) is 11.2 Å². The van der Waals surface area contributed by atoms with Crippen LogP contribution in [0.15, 0.2) is 24.3 Å². The van der Waals surface area contributed by atoms with E-state index in [-0.39, 0.29) is 17.8 Å². The van der Waals surface area contributed by atoms with Gasteiger partial charge in [0.2, 0.25) is 0 Å². The van der Waals surface area contributed by atoms with Crippen molar-refractivity contribution in [3.63, 3.8) is 0 Å². The van der Waals surface area contributed by atoms with Crippen LogP contribution >= 0.6 is 0 Å². The Bertz CT molecular complexity index is 315. The molecule has 1 aromatic rings. The van der Waals surface area contributed by atoms with Gasteiger partial charge >= 0.3 is 0 Å². The minimum atomic E-state index is -0.226. The number of benzene rings is 1. The molecule has 1 heterocycles. The van der Waals surface area contributed by atoms with Crippen molar-refractivity contribution in [2.75, 3.05) is 19.8 Å². The van der Waals surface area contributed by atoms with Gasteiger partial charge in [0.1, 0.15) is 5.82 Å². The molecule has 0 saturated carbocycles. The number of aliphatic hydroxyl groups excluding tert-OH is 1. The second-order valence-electron chi connectivity index (χ2n) is 3.96. The number of ether oxygens (including phenoxy) is 1. The van der Waals surface area contributed by atoms with Crippen LogP contribution in [-0.4, -0.2) is 24.9 Å². The summed E-state index contributed by atoms with van der Waals surface area (Å²) >= 11 is 0. The van der Waals surface area contributed by atoms with Gasteiger partial charge in [-0.25, -0.2) is 4.39 Å². The zero-order valence-corrected chi connectivity index (χ0v) is 7.87. The summed E-state index contributed by atoms with van der Waals surface area (Å²) in [7, 11) is 0. The van der Waals surface area contributed by atoms with Gasteiger partial charge in [-0.15, -0.1) is 0 Å². The van der Waals surface area contributed by atoms with E-state index in [1.165, 1.54) is 12.1 Å². The van der Waals surface area contributed by atoms with E-state index in [9.17, 15) is 9.50 Å². The van der Waals surface area contributed by atoms with Crippen LogP contribution in [0.2, 0.25) is 0 Å². The summed E-state index contributed by atoms with van der Waals surface area (Å²) < 4.78 is 18.0. The van der Waals surface area contributed by atoms with Gasteiger partial charge in [0.05, 0.1) is 19.8 Å². The largest absolute Gasteiger partial charge is 0.396 e. The van der Waals surface area contributed by atoms with Crippen LogP contribution in [0.1, 0.15) is 5.56 Å². The van der Waals surface area contributed by atoms with Crippen molar-refractivity contribution in [3.05, 3.63) is 35.6 Å². The zero-order valence-electron chi connectivity index (χ0n) is 7.87. The molecule has 0 aliphatic carbocycles. The average Bonchev–Trinajstić information content (AvgIpc) is 2.11. The molecule has 3 heteroatoms. The fraction of sp³-hybridized carbons (Fsp3) is 0.455. The third kappa shape index (κ3) is 1.79. The Morgan fingerprint density at radius 1 is 1.43 bits per heavy atom. The monoisotopic (exact) mass is 196 g/mol. The van der Waals surface area contributed by atoms with Crippen LogP contribution in [0.5, 0.6) is 0 Å². The van der Waals surface area contributed by atoms with E-state index >= 15 is 0 Å². The Morgan fingerprint density at radius 3 is 2.71 bits per heavy atom. The van der Waals surface area contributed by atoms with E-state index in [1.807, 2.05) is 6.07 Å². The summed E-state index contributed by atoms with van der Waals surface area (Å²) in [5.41, 5.74) is 0.746. The summed E-state index contributed by atoms with van der Waals surface area (Å²) in [4.78, 5) is 0. The molecule has 1 N–H and O–H groups in total. The Balaban J connectivity index is 2.09. The highest BCUT2D eigenvalue weighted by atomic mass is 19.1. The lowest BCUT2D eigenvalue weighted by Gasteiger charge is -2.40. The third-order valence-corrected chi connectivity index (χ3v) is 2.62. The predicted molar refractivity (Wildman–Crippen MR) is 50.4 cm³/mol. The fourth-order valence-electron chi connectivity index (χ4n) is 1.72. The van der Waals surface area contributed by atoms with Crippen LogP contribution in [0.25, 0.3) is 0 Å². The summed E-state index contributed by atoms with van der Waals surface area (Å²) in [6.07, 6.45) is 0.682. The molecule has 1 saturated heterocycles. The molecule has 1 aromatic carbocycles. The molecule has 2 rings (SSSR count). The third-order valence-electron chi connectivity index (χ3n) is 2.62. The van der Waals surface area contributed by atoms with E-state index in [0.717, 1.165) is 5.56 Å². The minimum Gasteiger partial charge on any atom is -0.396 e. The van der Waals surface area contributed by atoms with Crippen LogP contribution < -0.4 is 0 Å². The Hall–Kier alpha value is -0.930. The molecule has 2 nitrogen and oxygen atoms in total. The van der Waals surface area contributed by atoms with Crippen molar-refractivity contribution in [1.29, 1.82) is 0 Å². The maximum Gasteiger partial charge on any atom is 0.123 e. The molecule has 0 atom stereocenters. The quantitative estimate of drug-likeness (QED) is 0.791. The first-order valence-corrected chi connectivity index (χ1v) is 4.67. The van der Waals surface area contributed by atoms with Crippen molar-refractivity contribution >= 4 is 0 Å². The smallest absolute Gasteiger partial charge is 0.123 e. The van der Waals surface area contributed by atoms with Gasteiger partial charge in [-0.3, -0.25) is 0 Å². The van der Waals surface area contributed by atoms with Crippen molar-refractivity contribution in [2.45, 2.75) is 6.42 Å². The fourth-order valence-corrected chi connectivity index (χ4v) is 1.72. The maximum atomic E-state index is 12.9. The predicted octanol–water partition coefficient (Wildman–Crippen LogP) is 1.38. The molecule has 1 aliphatic rings. The van der Waals surface area contributed by atoms with Crippen LogP contribution in [0, 0.1) is 11.2 Å². The molecule has 0 bridgehead atoms. The van der Waals surface area contributed by atoms with Gasteiger partial charge in [0.25, 0.3) is 0 Å². The van der Waals surface area contributed by atoms with Gasteiger partial charge in [-0.1, -0.05) is 12.1 Å². The van der Waals surface area contributed by atoms with Crippen molar-refractivity contribution < 1.29 is 14.2 Å². The number of halogens is 1. The first-order valence-electron chi connectivity index (χ1n) is 4.67. The lowest BCUT2D eigenvalue weighted by molar-refractivity contribution is -0.136. The molecular formula is C11H13FO2. The number of rotatable bonds is 3. The van der Waals surface area contributed by atoms with E-state index in [2.05, 4.69) is 0 Å². The van der Waals surface area contributed by atoms with Crippen molar-refractivity contribution in [3.8, 4) is 0 Å². The first-order chi connectivity index (χ1) is 6.74. The van der Waals surface area contributed by atoms with Gasteiger partial charge in [-0.2, -0.15) is 0 Å². The maximum absolute atomic E-state index is 12.9. The van der Waals surface area contributed by atoms with Crippen LogP contribution in [0.4, 0.5) is 4.39 Å². The molecule has 1 aliphatic heterocycles. The average molecular weight is 196 g/mol. The minimum absolute atomic E-state index is 0.101. The molecule has 0 amide bonds. The Labute approximate surface area is 82.3 Å². The van der Waals surface area contributed by atoms with Gasteiger partial charge in [-0.05, 0) is 24.1 Å². The van der Waals surface area contributed by atoms with E-state index in [4.69, 9.17) is 4.74 Å². The van der Waals surface area contributed by atoms with Crippen molar-refractivity contribution in [2.24, 2.45) is 5.41 Å². The molecule has 0 spiro atoms. The lowest BCUT2D eigenvalue weighted by atomic mass is 9.81. The van der Waals surface area contributed by atoms with E-state index in [0.29, 0.717) is 19.6 Å². The summed E-state index contributed by atoms with van der Waals surface area (Å²) in [5, 5.41) is 9.19. The Kier molecular flexibility index (Phi) is 2.52. The molecule has 0 unspecified atom stereocenters. The summed E-state index contributed by atoms with van der Waals surface area (Å²) in [5.74, 6) is -0.226. The van der Waals surface area contributed by atoms with E-state index < -0.39 is 0 Å². The normalized spacial score (nSPS) is 19.0. The number of hydrogen-bond acceptors (Lipinski definition) is 2. The second kappa shape index (κ2) is 3.67. The second-order valence-corrected chi connectivity index (χ2v) is 3.96. The zero-order chi connectivity index (χ0) is 10.0. The van der Waals surface area contributed by atoms with Gasteiger partial charge in [0, 0.05) is 5.41 Å². The molecular weight excluding hydrogens is 183 g/mol. The Morgan fingerprint density at radius 2 is 2.21 bits per heavy atom. The topological polar surface area (TPSA) is 29.5 Å². The molecule has 76 valence electrons. The van der Waals surface area contributed by atoms with Gasteiger partial charge in [0.15, 0.2) is 0 Å². The molecule has 0 radical (unpaired) electrons. The number of aliphatic hydroxyl groups is 1. The molecule has 1 fully saturated rings. The standard InChI is InChI=1S/C11H13FO2/c12-10-3-1-2-9(4-10)5-11(6-13)7-14-8-11/h1-4,13H,5-8H2. The summed E-state index contributed by atoms with van der Waals surface area (Å²) in [6.45, 7) is 1.24. The number of hydrogen-bond donors (Lipinski definition) is 1. The van der Waals surface area contributed by atoms with Gasteiger partial charge < -0.3 is 9.84 Å². The summed E-state index contributed by atoms with van der Waals surface area (Å²) in [6, 6.07) is 6.50. The lowest BCUT2D eigenvalue weighted by Crippen LogP contribution is -2.47. The first kappa shape index (κ1) is 9.62. The molecule has 0 aromatic heterocycles. The SMILES string of the molecule is OCC1(Cc2cccc(F)c2)COC1.